The molecule has 0 spiro atoms. The fraction of sp³-hybridized carbons (Fsp3) is 0.600. The third-order valence-corrected chi connectivity index (χ3v) is 6.03. The van der Waals surface area contributed by atoms with Crippen molar-refractivity contribution in [1.29, 1.82) is 0 Å². The van der Waals surface area contributed by atoms with E-state index in [2.05, 4.69) is 17.5 Å². The van der Waals surface area contributed by atoms with E-state index >= 15 is 0 Å². The van der Waals surface area contributed by atoms with Gasteiger partial charge in [0.05, 0.1) is 8.75 Å². The van der Waals surface area contributed by atoms with Crippen LogP contribution >= 0.6 is 65.7 Å². The van der Waals surface area contributed by atoms with Crippen molar-refractivity contribution in [3.05, 3.63) is 0 Å². The van der Waals surface area contributed by atoms with Gasteiger partial charge < -0.3 is 0 Å². The van der Waals surface area contributed by atoms with Crippen molar-refractivity contribution in [2.24, 2.45) is 0 Å². The Kier molecular flexibility index (Phi) is 5.57. The second-order valence-electron chi connectivity index (χ2n) is 2.28. The lowest BCUT2D eigenvalue weighted by molar-refractivity contribution is 1.07. The van der Waals surface area contributed by atoms with Crippen LogP contribution in [-0.4, -0.2) is 29.0 Å². The molecule has 0 bridgehead atoms. The lowest BCUT2D eigenvalue weighted by Gasteiger charge is -1.93. The second kappa shape index (κ2) is 6.97. The van der Waals surface area contributed by atoms with Gasteiger partial charge >= 0.3 is 42.1 Å². The van der Waals surface area contributed by atoms with Crippen LogP contribution in [0, 0.1) is 0 Å². The summed E-state index contributed by atoms with van der Waals surface area (Å²) in [6.07, 6.45) is 1.13. The van der Waals surface area contributed by atoms with E-state index < -0.39 is 0 Å². The van der Waals surface area contributed by atoms with Crippen LogP contribution in [-0.2, 0) is 0 Å². The summed E-state index contributed by atoms with van der Waals surface area (Å²) in [5.74, 6) is 2.12. The van der Waals surface area contributed by atoms with E-state index in [1.165, 1.54) is 42.1 Å². The van der Waals surface area contributed by atoms with Crippen LogP contribution in [0.25, 0.3) is 0 Å². The SMILES string of the molecule is C(CSc1ns[s+]n1)CSc1ns[s+]n1. The predicted octanol–water partition coefficient (Wildman–Crippen LogP) is 3.35. The number of thioether (sulfide) groups is 2. The average Bonchev–Trinajstić information content (AvgIpc) is 2.88. The van der Waals surface area contributed by atoms with Gasteiger partial charge in [-0.15, -0.1) is 8.75 Å². The molecular formula is C5H6N4S6+2. The van der Waals surface area contributed by atoms with Crippen LogP contribution < -0.4 is 0 Å². The molecule has 0 aliphatic carbocycles. The second-order valence-corrected chi connectivity index (χ2v) is 7.52. The smallest absolute Gasteiger partial charge is 0.105 e. The number of aromatic nitrogens is 4. The molecule has 80 valence electrons. The highest BCUT2D eigenvalue weighted by Gasteiger charge is 2.08. The highest BCUT2D eigenvalue weighted by Crippen LogP contribution is 2.20. The molecule has 2 aromatic rings. The van der Waals surface area contributed by atoms with Crippen LogP contribution in [0.3, 0.4) is 0 Å². The van der Waals surface area contributed by atoms with Crippen molar-refractivity contribution in [1.82, 2.24) is 17.5 Å². The molecule has 4 nitrogen and oxygen atoms in total. The summed E-state index contributed by atoms with van der Waals surface area (Å²) in [7, 11) is 5.75. The zero-order chi connectivity index (χ0) is 10.3. The van der Waals surface area contributed by atoms with E-state index in [0.717, 1.165) is 28.2 Å². The predicted molar refractivity (Wildman–Crippen MR) is 70.5 cm³/mol. The average molecular weight is 315 g/mol. The minimum absolute atomic E-state index is 0.906. The van der Waals surface area contributed by atoms with Crippen LogP contribution in [0.15, 0.2) is 10.3 Å². The molecule has 2 heterocycles. The molecule has 0 fully saturated rings. The zero-order valence-electron chi connectivity index (χ0n) is 7.36. The van der Waals surface area contributed by atoms with Crippen molar-refractivity contribution in [3.8, 4) is 0 Å². The Hall–Kier alpha value is 0.520. The Morgan fingerprint density at radius 3 is 1.87 bits per heavy atom. The van der Waals surface area contributed by atoms with Crippen LogP contribution in [0.4, 0.5) is 0 Å². The van der Waals surface area contributed by atoms with Gasteiger partial charge in [-0.05, 0) is 6.42 Å². The molecule has 0 aromatic carbocycles. The van der Waals surface area contributed by atoms with E-state index in [4.69, 9.17) is 0 Å². The third-order valence-electron chi connectivity index (χ3n) is 1.28. The molecule has 0 radical (unpaired) electrons. The maximum absolute atomic E-state index is 4.15. The molecule has 0 N–H and O–H groups in total. The Labute approximate surface area is 111 Å². The standard InChI is InChI=1S/C5H6N4S6/c1(2-10-4-6-12-13-7-4)3-11-5-8-14-15-9-5/h1-3H2/q+2. The summed E-state index contributed by atoms with van der Waals surface area (Å²) in [6, 6.07) is 0. The molecule has 0 saturated carbocycles. The van der Waals surface area contributed by atoms with Gasteiger partial charge in [-0.25, -0.2) is 0 Å². The minimum atomic E-state index is 0.906. The molecule has 2 aromatic heterocycles. The first-order valence-electron chi connectivity index (χ1n) is 3.94. The molecule has 0 amide bonds. The minimum Gasteiger partial charge on any atom is -0.105 e. The first kappa shape index (κ1) is 12.0. The summed E-state index contributed by atoms with van der Waals surface area (Å²) < 4.78 is 16.6. The summed E-state index contributed by atoms with van der Waals surface area (Å²) in [6.45, 7) is 0. The zero-order valence-corrected chi connectivity index (χ0v) is 12.3. The molecule has 0 unspecified atom stereocenters. The highest BCUT2D eigenvalue weighted by atomic mass is 32.9. The number of hydrogen-bond donors (Lipinski definition) is 0. The van der Waals surface area contributed by atoms with Gasteiger partial charge in [-0.3, -0.25) is 0 Å². The Bertz CT molecular complexity index is 325. The van der Waals surface area contributed by atoms with Crippen LogP contribution in [0.2, 0.25) is 0 Å². The Morgan fingerprint density at radius 1 is 0.933 bits per heavy atom. The molecule has 0 atom stereocenters. The van der Waals surface area contributed by atoms with Gasteiger partial charge in [0.25, 0.3) is 10.3 Å². The molecule has 0 aliphatic heterocycles. The molecular weight excluding hydrogens is 308 g/mol. The van der Waals surface area contributed by atoms with Gasteiger partial charge in [0, 0.05) is 11.5 Å². The van der Waals surface area contributed by atoms with Gasteiger partial charge in [-0.2, -0.15) is 0 Å². The monoisotopic (exact) mass is 314 g/mol. The van der Waals surface area contributed by atoms with Crippen molar-refractivity contribution < 1.29 is 0 Å². The van der Waals surface area contributed by atoms with E-state index in [1.807, 2.05) is 0 Å². The van der Waals surface area contributed by atoms with Crippen molar-refractivity contribution in [3.63, 3.8) is 0 Å². The first-order valence-corrected chi connectivity index (χ1v) is 10.0. The van der Waals surface area contributed by atoms with Crippen molar-refractivity contribution in [2.75, 3.05) is 11.5 Å². The largest absolute Gasteiger partial charge is 0.463 e. The van der Waals surface area contributed by atoms with Crippen LogP contribution in [0.5, 0.6) is 0 Å². The summed E-state index contributed by atoms with van der Waals surface area (Å²) in [5.41, 5.74) is 0. The molecule has 0 aliphatic rings. The van der Waals surface area contributed by atoms with E-state index in [-0.39, 0.29) is 0 Å². The number of rotatable bonds is 6. The molecule has 2 rings (SSSR count). The van der Waals surface area contributed by atoms with E-state index in [0.29, 0.717) is 0 Å². The van der Waals surface area contributed by atoms with Crippen molar-refractivity contribution >= 4 is 65.7 Å². The summed E-state index contributed by atoms with van der Waals surface area (Å²) >= 11 is 3.43. The Balaban J connectivity index is 1.56. The quantitative estimate of drug-likeness (QED) is 0.353. The maximum Gasteiger partial charge on any atom is 0.463 e. The van der Waals surface area contributed by atoms with Gasteiger partial charge in [0.15, 0.2) is 0 Å². The molecule has 0 saturated heterocycles. The molecule has 10 heteroatoms. The fourth-order valence-electron chi connectivity index (χ4n) is 0.719. The number of hydrogen-bond acceptors (Lipinski definition) is 8. The topological polar surface area (TPSA) is 51.6 Å². The lowest BCUT2D eigenvalue weighted by Crippen LogP contribution is -1.85. The van der Waals surface area contributed by atoms with Gasteiger partial charge in [-0.1, -0.05) is 23.5 Å². The van der Waals surface area contributed by atoms with E-state index in [9.17, 15) is 0 Å². The van der Waals surface area contributed by atoms with E-state index in [1.54, 1.807) is 23.5 Å². The van der Waals surface area contributed by atoms with Gasteiger partial charge in [0.1, 0.15) is 0 Å². The maximum atomic E-state index is 4.15. The Morgan fingerprint density at radius 2 is 1.47 bits per heavy atom. The lowest BCUT2D eigenvalue weighted by atomic mass is 10.6. The van der Waals surface area contributed by atoms with Crippen LogP contribution in [0.1, 0.15) is 6.42 Å². The van der Waals surface area contributed by atoms with Crippen molar-refractivity contribution in [2.45, 2.75) is 16.7 Å². The first-order chi connectivity index (χ1) is 7.45. The fourth-order valence-corrected chi connectivity index (χ4v) is 5.60. The van der Waals surface area contributed by atoms with Gasteiger partial charge in [0.2, 0.25) is 0 Å². The highest BCUT2D eigenvalue weighted by molar-refractivity contribution is 8.00. The number of nitrogens with zero attached hydrogens (tertiary/aromatic N) is 4. The normalized spacial score (nSPS) is 10.7. The third kappa shape index (κ3) is 4.49. The summed E-state index contributed by atoms with van der Waals surface area (Å²) in [4.78, 5) is 0. The molecule has 15 heavy (non-hydrogen) atoms. The summed E-state index contributed by atoms with van der Waals surface area (Å²) in [5, 5.41) is 1.81.